The Kier molecular flexibility index (Phi) is 5.76. The number of hydrogen-bond acceptors (Lipinski definition) is 4. The maximum atomic E-state index is 12.3. The molecule has 4 nitrogen and oxygen atoms in total. The molecule has 0 bridgehead atoms. The maximum Gasteiger partial charge on any atom is 0.341 e. The number of methoxy groups -OCH3 is 1. The number of carbonyl (C=O) groups excluding carboxylic acids is 2. The van der Waals surface area contributed by atoms with Crippen molar-refractivity contribution >= 4 is 35.0 Å². The fourth-order valence-electron chi connectivity index (χ4n) is 1.56. The molecule has 1 aromatic carbocycles. The van der Waals surface area contributed by atoms with Crippen LogP contribution in [0.15, 0.2) is 48.0 Å². The Morgan fingerprint density at radius 2 is 2.00 bits per heavy atom. The second-order valence-electron chi connectivity index (χ2n) is 3.90. The lowest BCUT2D eigenvalue weighted by atomic mass is 10.00. The number of hydrogen-bond donors (Lipinski definition) is 1. The molecule has 0 heterocycles. The maximum absolute atomic E-state index is 12.3. The van der Waals surface area contributed by atoms with Gasteiger partial charge in [-0.3, -0.25) is 4.79 Å². The van der Waals surface area contributed by atoms with E-state index in [9.17, 15) is 14.7 Å². The largest absolute Gasteiger partial charge is 0.505 e. The van der Waals surface area contributed by atoms with E-state index in [1.807, 2.05) is 0 Å². The molecule has 0 fully saturated rings. The van der Waals surface area contributed by atoms with Crippen molar-refractivity contribution in [2.45, 2.75) is 0 Å². The van der Waals surface area contributed by atoms with Crippen LogP contribution < -0.4 is 0 Å². The highest BCUT2D eigenvalue weighted by Gasteiger charge is 2.21. The zero-order valence-electron chi connectivity index (χ0n) is 11.2. The molecule has 0 aromatic heterocycles. The normalized spacial score (nSPS) is 10.9. The molecule has 0 saturated carbocycles. The summed E-state index contributed by atoms with van der Waals surface area (Å²) in [5.74, 6) is -1.79. The van der Waals surface area contributed by atoms with Gasteiger partial charge in [0.05, 0.1) is 12.1 Å². The molecule has 0 saturated heterocycles. The molecule has 1 N–H and O–H groups in total. The quantitative estimate of drug-likeness (QED) is 0.386. The van der Waals surface area contributed by atoms with Crippen LogP contribution >= 0.6 is 23.2 Å². The van der Waals surface area contributed by atoms with E-state index < -0.39 is 17.5 Å². The van der Waals surface area contributed by atoms with E-state index in [2.05, 4.69) is 17.9 Å². The first-order chi connectivity index (χ1) is 9.83. The minimum Gasteiger partial charge on any atom is -0.505 e. The summed E-state index contributed by atoms with van der Waals surface area (Å²) >= 11 is 11.6. The van der Waals surface area contributed by atoms with Crippen LogP contribution in [0.4, 0.5) is 0 Å². The Labute approximate surface area is 131 Å². The third-order valence-corrected chi connectivity index (χ3v) is 3.04. The van der Waals surface area contributed by atoms with Crippen molar-refractivity contribution in [3.05, 3.63) is 64.2 Å². The molecule has 0 aliphatic rings. The first-order valence-corrected chi connectivity index (χ1v) is 6.42. The van der Waals surface area contributed by atoms with Crippen molar-refractivity contribution in [2.24, 2.45) is 0 Å². The number of ketones is 1. The van der Waals surface area contributed by atoms with Gasteiger partial charge in [-0.25, -0.2) is 4.79 Å². The van der Waals surface area contributed by atoms with Crippen molar-refractivity contribution in [3.8, 4) is 5.75 Å². The van der Waals surface area contributed by atoms with Crippen molar-refractivity contribution in [1.29, 1.82) is 0 Å². The SMILES string of the molecule is C=C/C=C(\C(=C)Cl)C(=O)c1cc(Cl)c(O)c(C(=O)OC)c1. The number of Topliss-reactive ketones (excluding diaryl/α,β-unsaturated/α-hetero) is 1. The van der Waals surface area contributed by atoms with Gasteiger partial charge in [-0.2, -0.15) is 0 Å². The average Bonchev–Trinajstić information content (AvgIpc) is 2.45. The van der Waals surface area contributed by atoms with Gasteiger partial charge >= 0.3 is 5.97 Å². The van der Waals surface area contributed by atoms with Crippen molar-refractivity contribution < 1.29 is 19.4 Å². The van der Waals surface area contributed by atoms with Crippen LogP contribution in [-0.4, -0.2) is 24.0 Å². The molecule has 0 aliphatic heterocycles. The second-order valence-corrected chi connectivity index (χ2v) is 4.76. The van der Waals surface area contributed by atoms with Crippen molar-refractivity contribution in [3.63, 3.8) is 0 Å². The van der Waals surface area contributed by atoms with Crippen LogP contribution in [0.2, 0.25) is 5.02 Å². The Balaban J connectivity index is 3.44. The predicted octanol–water partition coefficient (Wildman–Crippen LogP) is 3.88. The Morgan fingerprint density at radius 3 is 2.48 bits per heavy atom. The van der Waals surface area contributed by atoms with Gasteiger partial charge in [0.1, 0.15) is 11.3 Å². The third-order valence-electron chi connectivity index (χ3n) is 2.55. The number of phenolic OH excluding ortho intramolecular Hbond substituents is 1. The van der Waals surface area contributed by atoms with E-state index >= 15 is 0 Å². The summed E-state index contributed by atoms with van der Waals surface area (Å²) in [4.78, 5) is 23.9. The lowest BCUT2D eigenvalue weighted by Crippen LogP contribution is -2.08. The van der Waals surface area contributed by atoms with E-state index in [1.54, 1.807) is 0 Å². The van der Waals surface area contributed by atoms with E-state index in [0.29, 0.717) is 0 Å². The monoisotopic (exact) mass is 326 g/mol. The van der Waals surface area contributed by atoms with Crippen LogP contribution in [-0.2, 0) is 4.74 Å². The Hall–Kier alpha value is -2.04. The molecule has 110 valence electrons. The highest BCUT2D eigenvalue weighted by Crippen LogP contribution is 2.31. The zero-order valence-corrected chi connectivity index (χ0v) is 12.7. The molecule has 0 aliphatic carbocycles. The van der Waals surface area contributed by atoms with Crippen LogP contribution in [0.25, 0.3) is 0 Å². The van der Waals surface area contributed by atoms with Crippen LogP contribution in [0.3, 0.4) is 0 Å². The van der Waals surface area contributed by atoms with Crippen LogP contribution in [0, 0.1) is 0 Å². The molecule has 0 atom stereocenters. The minimum absolute atomic E-state index is 0.0173. The summed E-state index contributed by atoms with van der Waals surface area (Å²) in [6, 6.07) is 2.40. The molecule has 0 amide bonds. The Bertz CT molecular complexity index is 660. The van der Waals surface area contributed by atoms with Gasteiger partial charge in [-0.15, -0.1) is 0 Å². The lowest BCUT2D eigenvalue weighted by molar-refractivity contribution is 0.0597. The molecule has 0 unspecified atom stereocenters. The number of benzene rings is 1. The first kappa shape index (κ1) is 17.0. The Morgan fingerprint density at radius 1 is 1.38 bits per heavy atom. The van der Waals surface area contributed by atoms with Gasteiger partial charge in [0.15, 0.2) is 5.78 Å². The fraction of sp³-hybridized carbons (Fsp3) is 0.0667. The zero-order chi connectivity index (χ0) is 16.2. The van der Waals surface area contributed by atoms with Gasteiger partial charge in [0.2, 0.25) is 0 Å². The number of carbonyl (C=O) groups is 2. The predicted molar refractivity (Wildman–Crippen MR) is 82.1 cm³/mol. The second kappa shape index (κ2) is 7.11. The van der Waals surface area contributed by atoms with E-state index in [4.69, 9.17) is 23.2 Å². The minimum atomic E-state index is -0.817. The fourth-order valence-corrected chi connectivity index (χ4v) is 1.93. The molecule has 1 aromatic rings. The molecular formula is C15H12Cl2O4. The number of esters is 1. The van der Waals surface area contributed by atoms with Gasteiger partial charge in [-0.05, 0) is 12.1 Å². The molecule has 21 heavy (non-hydrogen) atoms. The summed E-state index contributed by atoms with van der Waals surface area (Å²) in [6.45, 7) is 6.97. The third kappa shape index (κ3) is 3.74. The van der Waals surface area contributed by atoms with Crippen molar-refractivity contribution in [1.82, 2.24) is 0 Å². The number of phenols is 1. The number of ether oxygens (including phenoxy) is 1. The average molecular weight is 327 g/mol. The van der Waals surface area contributed by atoms with Gasteiger partial charge in [0.25, 0.3) is 0 Å². The van der Waals surface area contributed by atoms with Gasteiger partial charge in [0, 0.05) is 16.2 Å². The number of rotatable bonds is 5. The molecular weight excluding hydrogens is 315 g/mol. The van der Waals surface area contributed by atoms with E-state index in [0.717, 1.165) is 7.11 Å². The van der Waals surface area contributed by atoms with Gasteiger partial charge < -0.3 is 9.84 Å². The molecule has 6 heteroatoms. The van der Waals surface area contributed by atoms with E-state index in [1.165, 1.54) is 24.3 Å². The summed E-state index contributed by atoms with van der Waals surface area (Å²) in [5, 5.41) is 9.60. The number of aromatic hydroxyl groups is 1. The highest BCUT2D eigenvalue weighted by molar-refractivity contribution is 6.37. The number of allylic oxidation sites excluding steroid dienone is 4. The summed E-state index contributed by atoms with van der Waals surface area (Å²) in [6.07, 6.45) is 2.76. The van der Waals surface area contributed by atoms with E-state index in [-0.39, 0.29) is 26.8 Å². The smallest absolute Gasteiger partial charge is 0.341 e. The number of halogens is 2. The summed E-state index contributed by atoms with van der Waals surface area (Å²) in [5.41, 5.74) is -0.0520. The lowest BCUT2D eigenvalue weighted by Gasteiger charge is -2.09. The molecule has 1 rings (SSSR count). The molecule has 0 spiro atoms. The van der Waals surface area contributed by atoms with Crippen LogP contribution in [0.5, 0.6) is 5.75 Å². The first-order valence-electron chi connectivity index (χ1n) is 5.66. The highest BCUT2D eigenvalue weighted by atomic mass is 35.5. The summed E-state index contributed by atoms with van der Waals surface area (Å²) < 4.78 is 4.52. The van der Waals surface area contributed by atoms with Crippen molar-refractivity contribution in [2.75, 3.05) is 7.11 Å². The van der Waals surface area contributed by atoms with Crippen LogP contribution in [0.1, 0.15) is 20.7 Å². The standard InChI is InChI=1S/C15H12Cl2O4/c1-4-5-10(8(2)16)13(18)9-6-11(15(20)21-3)14(19)12(17)7-9/h4-7,19H,1-2H2,3H3/b10-5+. The van der Waals surface area contributed by atoms with Gasteiger partial charge in [-0.1, -0.05) is 48.5 Å². The topological polar surface area (TPSA) is 63.6 Å². The molecule has 0 radical (unpaired) electrons. The summed E-state index contributed by atoms with van der Waals surface area (Å²) in [7, 11) is 1.15.